The Morgan fingerprint density at radius 2 is 1.70 bits per heavy atom. The number of halogens is 1. The van der Waals surface area contributed by atoms with Gasteiger partial charge in [-0.25, -0.2) is 0 Å². The predicted octanol–water partition coefficient (Wildman–Crippen LogP) is 3.90. The fourth-order valence-electron chi connectivity index (χ4n) is 2.22. The molecule has 106 valence electrons. The van der Waals surface area contributed by atoms with Crippen LogP contribution in [0.4, 0.5) is 0 Å². The van der Waals surface area contributed by atoms with Crippen LogP contribution in [0.2, 0.25) is 5.02 Å². The topological polar surface area (TPSA) is 23.5 Å². The van der Waals surface area contributed by atoms with Crippen LogP contribution in [0.3, 0.4) is 0 Å². The van der Waals surface area contributed by atoms with Crippen LogP contribution in [0.5, 0.6) is 0 Å². The fraction of sp³-hybridized carbons (Fsp3) is 0.294. The van der Waals surface area contributed by atoms with Gasteiger partial charge in [-0.2, -0.15) is 0 Å². The largest absolute Gasteiger partial charge is 0.388 e. The lowest BCUT2D eigenvalue weighted by molar-refractivity contribution is 0.148. The maximum atomic E-state index is 10.2. The van der Waals surface area contributed by atoms with E-state index in [1.165, 1.54) is 5.56 Å². The number of rotatable bonds is 6. The van der Waals surface area contributed by atoms with E-state index in [0.717, 1.165) is 18.7 Å². The molecule has 0 aliphatic carbocycles. The van der Waals surface area contributed by atoms with Crippen LogP contribution < -0.4 is 0 Å². The predicted molar refractivity (Wildman–Crippen MR) is 83.8 cm³/mol. The molecule has 0 heterocycles. The van der Waals surface area contributed by atoms with Crippen LogP contribution in [0.25, 0.3) is 0 Å². The van der Waals surface area contributed by atoms with Gasteiger partial charge in [-0.3, -0.25) is 0 Å². The van der Waals surface area contributed by atoms with Gasteiger partial charge in [0.1, 0.15) is 0 Å². The van der Waals surface area contributed by atoms with E-state index in [-0.39, 0.29) is 0 Å². The van der Waals surface area contributed by atoms with Crippen molar-refractivity contribution in [2.24, 2.45) is 0 Å². The quantitative estimate of drug-likeness (QED) is 0.872. The third-order valence-electron chi connectivity index (χ3n) is 3.34. The molecule has 3 heteroatoms. The summed E-state index contributed by atoms with van der Waals surface area (Å²) in [5, 5.41) is 10.8. The van der Waals surface area contributed by atoms with Crippen molar-refractivity contribution in [1.29, 1.82) is 0 Å². The van der Waals surface area contributed by atoms with Gasteiger partial charge in [0.15, 0.2) is 0 Å². The molecule has 2 aromatic carbocycles. The van der Waals surface area contributed by atoms with Gasteiger partial charge in [-0.05, 0) is 30.7 Å². The van der Waals surface area contributed by atoms with E-state index in [1.54, 1.807) is 0 Å². The summed E-state index contributed by atoms with van der Waals surface area (Å²) in [5.74, 6) is 0. The lowest BCUT2D eigenvalue weighted by Crippen LogP contribution is -2.21. The average Bonchev–Trinajstić information content (AvgIpc) is 2.46. The van der Waals surface area contributed by atoms with Gasteiger partial charge < -0.3 is 10.0 Å². The Morgan fingerprint density at radius 1 is 1.05 bits per heavy atom. The van der Waals surface area contributed by atoms with Crippen LogP contribution >= 0.6 is 11.6 Å². The summed E-state index contributed by atoms with van der Waals surface area (Å²) < 4.78 is 0. The zero-order valence-electron chi connectivity index (χ0n) is 11.7. The van der Waals surface area contributed by atoms with Crippen molar-refractivity contribution in [3.05, 3.63) is 70.7 Å². The maximum absolute atomic E-state index is 10.2. The van der Waals surface area contributed by atoms with Crippen molar-refractivity contribution >= 4 is 11.6 Å². The number of hydrogen-bond donors (Lipinski definition) is 1. The second-order valence-electron chi connectivity index (χ2n) is 5.05. The molecule has 20 heavy (non-hydrogen) atoms. The Bertz CT molecular complexity index is 530. The Morgan fingerprint density at radius 3 is 2.40 bits per heavy atom. The molecular weight excluding hydrogens is 270 g/mol. The van der Waals surface area contributed by atoms with Crippen molar-refractivity contribution in [1.82, 2.24) is 4.90 Å². The van der Waals surface area contributed by atoms with Crippen molar-refractivity contribution < 1.29 is 5.11 Å². The molecule has 2 aromatic rings. The Kier molecular flexibility index (Phi) is 5.60. The standard InChI is InChI=1S/C17H20ClNO/c1-19(13-14-7-3-2-4-8-14)12-11-17(20)15-9-5-6-10-16(15)18/h2-10,17,20H,11-13H2,1H3. The summed E-state index contributed by atoms with van der Waals surface area (Å²) in [5.41, 5.74) is 2.09. The normalized spacial score (nSPS) is 12.6. The first-order valence-electron chi connectivity index (χ1n) is 6.82. The van der Waals surface area contributed by atoms with E-state index in [0.29, 0.717) is 11.4 Å². The highest BCUT2D eigenvalue weighted by molar-refractivity contribution is 6.31. The Hall–Kier alpha value is -1.35. The highest BCUT2D eigenvalue weighted by Crippen LogP contribution is 2.24. The molecule has 1 N–H and O–H groups in total. The van der Waals surface area contributed by atoms with E-state index in [2.05, 4.69) is 24.1 Å². The number of aliphatic hydroxyl groups is 1. The average molecular weight is 290 g/mol. The molecule has 0 amide bonds. The van der Waals surface area contributed by atoms with Crippen LogP contribution in [-0.2, 0) is 6.54 Å². The SMILES string of the molecule is CN(CCC(O)c1ccccc1Cl)Cc1ccccc1. The smallest absolute Gasteiger partial charge is 0.0816 e. The van der Waals surface area contributed by atoms with Crippen LogP contribution in [-0.4, -0.2) is 23.6 Å². The van der Waals surface area contributed by atoms with Gasteiger partial charge in [0.2, 0.25) is 0 Å². The van der Waals surface area contributed by atoms with Gasteiger partial charge >= 0.3 is 0 Å². The molecular formula is C17H20ClNO. The van der Waals surface area contributed by atoms with E-state index in [9.17, 15) is 5.11 Å². The van der Waals surface area contributed by atoms with Gasteiger partial charge in [-0.1, -0.05) is 60.1 Å². The lowest BCUT2D eigenvalue weighted by Gasteiger charge is -2.19. The van der Waals surface area contributed by atoms with Crippen molar-refractivity contribution in [2.45, 2.75) is 19.1 Å². The number of hydrogen-bond acceptors (Lipinski definition) is 2. The molecule has 0 aliphatic heterocycles. The van der Waals surface area contributed by atoms with E-state index in [4.69, 9.17) is 11.6 Å². The van der Waals surface area contributed by atoms with Crippen LogP contribution in [0.15, 0.2) is 54.6 Å². The minimum atomic E-state index is -0.512. The molecule has 0 aliphatic rings. The molecule has 0 fully saturated rings. The highest BCUT2D eigenvalue weighted by Gasteiger charge is 2.12. The molecule has 0 aromatic heterocycles. The Labute approximate surface area is 125 Å². The molecule has 0 spiro atoms. The van der Waals surface area contributed by atoms with Gasteiger partial charge in [0.25, 0.3) is 0 Å². The highest BCUT2D eigenvalue weighted by atomic mass is 35.5. The van der Waals surface area contributed by atoms with Gasteiger partial charge in [0.05, 0.1) is 6.10 Å². The first-order valence-corrected chi connectivity index (χ1v) is 7.19. The summed E-state index contributed by atoms with van der Waals surface area (Å²) in [6.45, 7) is 1.71. The summed E-state index contributed by atoms with van der Waals surface area (Å²) in [6, 6.07) is 17.8. The first-order chi connectivity index (χ1) is 9.66. The molecule has 0 saturated heterocycles. The molecule has 0 saturated carbocycles. The second kappa shape index (κ2) is 7.44. The minimum Gasteiger partial charge on any atom is -0.388 e. The Balaban J connectivity index is 1.84. The van der Waals surface area contributed by atoms with E-state index >= 15 is 0 Å². The minimum absolute atomic E-state index is 0.512. The molecule has 0 bridgehead atoms. The summed E-state index contributed by atoms with van der Waals surface area (Å²) >= 11 is 6.09. The lowest BCUT2D eigenvalue weighted by atomic mass is 10.1. The third kappa shape index (κ3) is 4.34. The molecule has 0 radical (unpaired) electrons. The van der Waals surface area contributed by atoms with E-state index < -0.39 is 6.10 Å². The maximum Gasteiger partial charge on any atom is 0.0816 e. The molecule has 2 rings (SSSR count). The fourth-order valence-corrected chi connectivity index (χ4v) is 2.48. The second-order valence-corrected chi connectivity index (χ2v) is 5.46. The monoisotopic (exact) mass is 289 g/mol. The van der Waals surface area contributed by atoms with Crippen molar-refractivity contribution in [2.75, 3.05) is 13.6 Å². The van der Waals surface area contributed by atoms with Crippen LogP contribution in [0.1, 0.15) is 23.7 Å². The molecule has 1 atom stereocenters. The zero-order valence-corrected chi connectivity index (χ0v) is 12.4. The van der Waals surface area contributed by atoms with Crippen molar-refractivity contribution in [3.8, 4) is 0 Å². The first kappa shape index (κ1) is 15.0. The number of nitrogens with zero attached hydrogens (tertiary/aromatic N) is 1. The summed E-state index contributed by atoms with van der Waals surface area (Å²) in [4.78, 5) is 2.20. The van der Waals surface area contributed by atoms with Crippen LogP contribution in [0, 0.1) is 0 Å². The van der Waals surface area contributed by atoms with Gasteiger partial charge in [-0.15, -0.1) is 0 Å². The number of aliphatic hydroxyl groups excluding tert-OH is 1. The molecule has 2 nitrogen and oxygen atoms in total. The van der Waals surface area contributed by atoms with Gasteiger partial charge in [0, 0.05) is 18.1 Å². The summed E-state index contributed by atoms with van der Waals surface area (Å²) in [6.07, 6.45) is 0.162. The molecule has 1 unspecified atom stereocenters. The number of benzene rings is 2. The van der Waals surface area contributed by atoms with E-state index in [1.807, 2.05) is 42.5 Å². The van der Waals surface area contributed by atoms with Crippen molar-refractivity contribution in [3.63, 3.8) is 0 Å². The summed E-state index contributed by atoms with van der Waals surface area (Å²) in [7, 11) is 2.06. The third-order valence-corrected chi connectivity index (χ3v) is 3.69. The zero-order chi connectivity index (χ0) is 14.4.